The Morgan fingerprint density at radius 3 is 1.80 bits per heavy atom. The lowest BCUT2D eigenvalue weighted by Gasteiger charge is -2.42. The second kappa shape index (κ2) is 8.92. The minimum Gasteiger partial charge on any atom is -0.456 e. The minimum atomic E-state index is -3.79. The molecule has 0 amide bonds. The van der Waals surface area contributed by atoms with E-state index in [-0.39, 0.29) is 0 Å². The van der Waals surface area contributed by atoms with Gasteiger partial charge in [-0.05, 0) is 0 Å². The van der Waals surface area contributed by atoms with Crippen LogP contribution in [0.25, 0.3) is 0 Å². The average Bonchev–Trinajstić information content (AvgIpc) is 2.41. The largest absolute Gasteiger partial charge is 0.456 e. The fourth-order valence-corrected chi connectivity index (χ4v) is 3.23. The molecule has 12 heteroatoms. The van der Waals surface area contributed by atoms with Crippen molar-refractivity contribution in [1.29, 1.82) is 0 Å². The fraction of sp³-hybridized carbons (Fsp3) is 0.769. The van der Waals surface area contributed by atoms with Gasteiger partial charge in [0.15, 0.2) is 23.3 Å². The molecule has 0 radical (unpaired) electrons. The van der Waals surface area contributed by atoms with Crippen molar-refractivity contribution < 1.29 is 45.9 Å². The molecule has 0 aromatic heterocycles. The van der Waals surface area contributed by atoms with Crippen LogP contribution in [0.3, 0.4) is 0 Å². The highest BCUT2D eigenvalue weighted by molar-refractivity contribution is 9.09. The van der Waals surface area contributed by atoms with Crippen molar-refractivity contribution in [2.24, 2.45) is 0 Å². The number of halogens is 1. The van der Waals surface area contributed by atoms with Crippen molar-refractivity contribution in [2.75, 3.05) is 12.9 Å². The number of carbonyl (C=O) groups is 3. The molecule has 1 fully saturated rings. The minimum absolute atomic E-state index is 0.497. The number of hydrogen-bond acceptors (Lipinski definition) is 10. The zero-order valence-electron chi connectivity index (χ0n) is 14.0. The molecule has 1 aliphatic rings. The van der Waals surface area contributed by atoms with Gasteiger partial charge in [-0.25, -0.2) is 0 Å². The Hall–Kier alpha value is -1.24. The lowest BCUT2D eigenvalue weighted by molar-refractivity contribution is -0.233. The van der Waals surface area contributed by atoms with Gasteiger partial charge in [-0.3, -0.25) is 18.6 Å². The molecule has 10 nitrogen and oxygen atoms in total. The maximum Gasteiger partial charge on any atom is 0.303 e. The molecule has 1 saturated heterocycles. The van der Waals surface area contributed by atoms with E-state index >= 15 is 0 Å². The monoisotopic (exact) mass is 446 g/mol. The van der Waals surface area contributed by atoms with E-state index in [1.54, 1.807) is 0 Å². The van der Waals surface area contributed by atoms with Crippen molar-refractivity contribution in [2.45, 2.75) is 50.2 Å². The Morgan fingerprint density at radius 1 is 0.920 bits per heavy atom. The van der Waals surface area contributed by atoms with Crippen molar-refractivity contribution in [3.05, 3.63) is 0 Å². The summed E-state index contributed by atoms with van der Waals surface area (Å²) in [5.74, 6) is -2.13. The molecule has 1 heterocycles. The van der Waals surface area contributed by atoms with Gasteiger partial charge in [0.1, 0.15) is 6.10 Å². The van der Waals surface area contributed by atoms with E-state index in [1.807, 2.05) is 0 Å². The van der Waals surface area contributed by atoms with E-state index in [0.717, 1.165) is 27.0 Å². The number of ether oxygens (including phenoxy) is 4. The molecule has 1 rings (SSSR count). The van der Waals surface area contributed by atoms with Crippen LogP contribution in [0, 0.1) is 0 Å². The molecule has 0 spiro atoms. The summed E-state index contributed by atoms with van der Waals surface area (Å²) in [6.45, 7) is 2.88. The van der Waals surface area contributed by atoms with Gasteiger partial charge in [-0.15, -0.1) is 0 Å². The highest BCUT2D eigenvalue weighted by Gasteiger charge is 2.51. The zero-order chi connectivity index (χ0) is 19.4. The lowest BCUT2D eigenvalue weighted by atomic mass is 9.99. The first-order valence-electron chi connectivity index (χ1n) is 7.06. The third kappa shape index (κ3) is 7.26. The zero-order valence-corrected chi connectivity index (χ0v) is 16.4. The Kier molecular flexibility index (Phi) is 7.78. The second-order valence-electron chi connectivity index (χ2n) is 5.24. The van der Waals surface area contributed by atoms with Gasteiger partial charge in [0, 0.05) is 20.8 Å². The quantitative estimate of drug-likeness (QED) is 0.235. The first-order valence-corrected chi connectivity index (χ1v) is 9.79. The van der Waals surface area contributed by atoms with Crippen LogP contribution in [0.15, 0.2) is 0 Å². The molecule has 0 saturated carbocycles. The van der Waals surface area contributed by atoms with Crippen LogP contribution in [0.2, 0.25) is 0 Å². The summed E-state index contributed by atoms with van der Waals surface area (Å²) in [6, 6.07) is 0. The molecule has 0 aromatic carbocycles. The summed E-state index contributed by atoms with van der Waals surface area (Å²) in [5, 5.41) is -0.958. The number of esters is 3. The molecule has 1 aliphatic heterocycles. The van der Waals surface area contributed by atoms with Crippen molar-refractivity contribution in [3.63, 3.8) is 0 Å². The molecule has 0 N–H and O–H groups in total. The predicted octanol–water partition coefficient (Wildman–Crippen LogP) is -0.122. The Labute approximate surface area is 153 Å². The van der Waals surface area contributed by atoms with Crippen LogP contribution in [0.4, 0.5) is 0 Å². The normalized spacial score (nSPS) is 29.6. The lowest BCUT2D eigenvalue weighted by Crippen LogP contribution is -2.60. The molecule has 0 unspecified atom stereocenters. The first-order chi connectivity index (χ1) is 11.4. The summed E-state index contributed by atoms with van der Waals surface area (Å²) < 4.78 is 47.9. The fourth-order valence-electron chi connectivity index (χ4n) is 2.17. The Bertz CT molecular complexity index is 618. The van der Waals surface area contributed by atoms with Crippen molar-refractivity contribution >= 4 is 44.0 Å². The first kappa shape index (κ1) is 21.8. The van der Waals surface area contributed by atoms with E-state index < -0.39 is 64.1 Å². The van der Waals surface area contributed by atoms with Gasteiger partial charge in [0.2, 0.25) is 0 Å². The summed E-state index contributed by atoms with van der Waals surface area (Å²) in [7, 11) is -3.79. The van der Waals surface area contributed by atoms with Crippen LogP contribution in [0.5, 0.6) is 0 Å². The Balaban J connectivity index is 3.15. The summed E-state index contributed by atoms with van der Waals surface area (Å²) >= 11 is 3.13. The summed E-state index contributed by atoms with van der Waals surface area (Å²) in [6.07, 6.45) is -3.86. The van der Waals surface area contributed by atoms with Crippen LogP contribution >= 0.6 is 15.9 Å². The van der Waals surface area contributed by atoms with Gasteiger partial charge < -0.3 is 18.9 Å². The maximum atomic E-state index is 11.4. The highest BCUT2D eigenvalue weighted by Crippen LogP contribution is 2.31. The number of carbonyl (C=O) groups excluding carboxylic acids is 3. The Morgan fingerprint density at radius 2 is 1.36 bits per heavy atom. The van der Waals surface area contributed by atoms with E-state index in [4.69, 9.17) is 18.9 Å². The molecular weight excluding hydrogens is 428 g/mol. The van der Waals surface area contributed by atoms with Gasteiger partial charge in [0.05, 0.1) is 12.9 Å². The van der Waals surface area contributed by atoms with Crippen LogP contribution in [0.1, 0.15) is 20.8 Å². The van der Waals surface area contributed by atoms with Crippen LogP contribution < -0.4 is 0 Å². The van der Waals surface area contributed by atoms with E-state index in [0.29, 0.717) is 0 Å². The number of alkyl halides is 1. The average molecular weight is 447 g/mol. The summed E-state index contributed by atoms with van der Waals surface area (Å²) in [5.41, 5.74) is 0. The molecule has 25 heavy (non-hydrogen) atoms. The smallest absolute Gasteiger partial charge is 0.303 e. The van der Waals surface area contributed by atoms with Crippen molar-refractivity contribution in [3.8, 4) is 0 Å². The topological polar surface area (TPSA) is 132 Å². The predicted molar refractivity (Wildman–Crippen MR) is 85.0 cm³/mol. The van der Waals surface area contributed by atoms with Crippen LogP contribution in [-0.2, 0) is 47.6 Å². The highest BCUT2D eigenvalue weighted by atomic mass is 79.9. The summed E-state index contributed by atoms with van der Waals surface area (Å²) in [4.78, 5) is 34.1. The molecule has 0 aliphatic carbocycles. The van der Waals surface area contributed by atoms with E-state index in [9.17, 15) is 22.8 Å². The van der Waals surface area contributed by atoms with Gasteiger partial charge in [-0.2, -0.15) is 8.42 Å². The van der Waals surface area contributed by atoms with Gasteiger partial charge >= 0.3 is 17.9 Å². The van der Waals surface area contributed by atoms with Gasteiger partial charge in [-0.1, -0.05) is 15.9 Å². The molecule has 5 atom stereocenters. The molecule has 0 bridgehead atoms. The second-order valence-corrected chi connectivity index (χ2v) is 7.78. The maximum absolute atomic E-state index is 11.4. The van der Waals surface area contributed by atoms with Crippen LogP contribution in [-0.4, -0.2) is 68.6 Å². The third-order valence-corrected chi connectivity index (χ3v) is 4.23. The van der Waals surface area contributed by atoms with Crippen molar-refractivity contribution in [1.82, 2.24) is 0 Å². The van der Waals surface area contributed by atoms with E-state index in [1.165, 1.54) is 0 Å². The molecule has 144 valence electrons. The number of rotatable bonds is 6. The van der Waals surface area contributed by atoms with E-state index in [2.05, 4.69) is 20.1 Å². The standard InChI is InChI=1S/C13H19BrO10S/c1-6(15)21-10-9(5-20-25(4,18)19)24-13(14)12(23-8(3)17)11(10)22-7(2)16/h9-13H,5H2,1-4H3/t9-,10+,11+,12-,13+/m1/s1. The SMILES string of the molecule is CC(=O)O[C@@H]1[C@@H](OC(C)=O)[C@@H](Br)O[C@H](COS(C)(=O)=O)[C@@H]1OC(C)=O. The van der Waals surface area contributed by atoms with Gasteiger partial charge in [0.25, 0.3) is 10.1 Å². The molecular formula is C13H19BrO10S. The number of hydrogen-bond donors (Lipinski definition) is 0. The molecule has 0 aromatic rings. The third-order valence-electron chi connectivity index (χ3n) is 2.93.